The first-order valence-corrected chi connectivity index (χ1v) is 8.57. The third-order valence-corrected chi connectivity index (χ3v) is 4.95. The average Bonchev–Trinajstić information content (AvgIpc) is 2.50. The maximum absolute atomic E-state index is 3.55. The van der Waals surface area contributed by atoms with Crippen molar-refractivity contribution in [3.63, 3.8) is 0 Å². The molecule has 1 aliphatic heterocycles. The SMILES string of the molecule is C[I-]NCC1(CI)CCNC1. The van der Waals surface area contributed by atoms with Crippen LogP contribution >= 0.6 is 22.6 Å². The van der Waals surface area contributed by atoms with E-state index in [-0.39, 0.29) is 21.5 Å². The van der Waals surface area contributed by atoms with Gasteiger partial charge in [0.2, 0.25) is 0 Å². The van der Waals surface area contributed by atoms with Gasteiger partial charge in [-0.2, -0.15) is 0 Å². The zero-order valence-corrected chi connectivity index (χ0v) is 11.1. The molecule has 0 amide bonds. The zero-order valence-electron chi connectivity index (χ0n) is 6.79. The van der Waals surface area contributed by atoms with E-state index in [1.165, 1.54) is 30.5 Å². The van der Waals surface area contributed by atoms with Gasteiger partial charge in [-0.3, -0.25) is 0 Å². The number of rotatable bonds is 4. The summed E-state index contributed by atoms with van der Waals surface area (Å²) in [4.78, 5) is 2.28. The van der Waals surface area contributed by atoms with Crippen molar-refractivity contribution in [3.05, 3.63) is 0 Å². The Labute approximate surface area is 93.0 Å². The van der Waals surface area contributed by atoms with Crippen molar-refractivity contribution in [2.45, 2.75) is 6.42 Å². The van der Waals surface area contributed by atoms with Gasteiger partial charge in [-0.15, -0.1) is 0 Å². The molecule has 0 spiro atoms. The van der Waals surface area contributed by atoms with Gasteiger partial charge in [-0.05, 0) is 0 Å². The molecule has 0 aromatic rings. The molecule has 68 valence electrons. The molecule has 1 saturated heterocycles. The number of nitrogens with one attached hydrogen (secondary N) is 2. The van der Waals surface area contributed by atoms with Crippen molar-refractivity contribution >= 4 is 22.6 Å². The second kappa shape index (κ2) is 5.18. The van der Waals surface area contributed by atoms with E-state index in [9.17, 15) is 0 Å². The van der Waals surface area contributed by atoms with Crippen molar-refractivity contribution in [2.75, 3.05) is 29.0 Å². The van der Waals surface area contributed by atoms with E-state index in [1.807, 2.05) is 0 Å². The van der Waals surface area contributed by atoms with Crippen LogP contribution in [0.25, 0.3) is 0 Å². The quantitative estimate of drug-likeness (QED) is 0.323. The molecule has 0 radical (unpaired) electrons. The van der Waals surface area contributed by atoms with Crippen LogP contribution in [0.15, 0.2) is 0 Å². The zero-order chi connectivity index (χ0) is 8.16. The van der Waals surface area contributed by atoms with Crippen molar-refractivity contribution in [1.29, 1.82) is 0 Å². The molecule has 4 heteroatoms. The summed E-state index contributed by atoms with van der Waals surface area (Å²) in [5.74, 6) is 0. The predicted octanol–water partition coefficient (Wildman–Crippen LogP) is -2.38. The molecule has 1 aliphatic rings. The molecule has 2 N–H and O–H groups in total. The average molecular weight is 381 g/mol. The van der Waals surface area contributed by atoms with Gasteiger partial charge in [-0.1, -0.05) is 0 Å². The molecular weight excluding hydrogens is 366 g/mol. The number of hydrogen-bond acceptors (Lipinski definition) is 2. The summed E-state index contributed by atoms with van der Waals surface area (Å²) in [5.41, 5.74) is 0.580. The maximum atomic E-state index is 3.55. The van der Waals surface area contributed by atoms with E-state index < -0.39 is 0 Å². The van der Waals surface area contributed by atoms with Crippen LogP contribution < -0.4 is 30.3 Å². The Hall–Kier alpha value is 1.38. The van der Waals surface area contributed by atoms with E-state index in [0.717, 1.165) is 0 Å². The molecular formula is C7H15I2N2-. The third-order valence-electron chi connectivity index (χ3n) is 2.19. The second-order valence-electron chi connectivity index (χ2n) is 3.06. The molecule has 2 nitrogen and oxygen atoms in total. The summed E-state index contributed by atoms with van der Waals surface area (Å²) in [5, 5.41) is 3.44. The number of halogens is 2. The van der Waals surface area contributed by atoms with Crippen LogP contribution in [0.2, 0.25) is 0 Å². The molecule has 1 heterocycles. The fraction of sp³-hybridized carbons (Fsp3) is 1.00. The van der Waals surface area contributed by atoms with Crippen LogP contribution in [0.5, 0.6) is 0 Å². The summed E-state index contributed by atoms with van der Waals surface area (Å²) in [6.07, 6.45) is 1.35. The molecule has 0 aliphatic carbocycles. The van der Waals surface area contributed by atoms with E-state index in [2.05, 4.69) is 36.4 Å². The van der Waals surface area contributed by atoms with Crippen LogP contribution in [-0.2, 0) is 0 Å². The molecule has 0 aromatic carbocycles. The molecule has 0 aromatic heterocycles. The topological polar surface area (TPSA) is 24.1 Å². The Morgan fingerprint density at radius 3 is 3.00 bits per heavy atom. The fourth-order valence-electron chi connectivity index (χ4n) is 1.32. The molecule has 1 rings (SSSR count). The van der Waals surface area contributed by atoms with Gasteiger partial charge < -0.3 is 0 Å². The van der Waals surface area contributed by atoms with Crippen LogP contribution in [0.3, 0.4) is 0 Å². The Bertz CT molecular complexity index is 113. The summed E-state index contributed by atoms with van der Waals surface area (Å²) >= 11 is 2.78. The van der Waals surface area contributed by atoms with Gasteiger partial charge in [0.1, 0.15) is 0 Å². The van der Waals surface area contributed by atoms with Crippen molar-refractivity contribution in [3.8, 4) is 0 Å². The van der Waals surface area contributed by atoms with E-state index in [4.69, 9.17) is 0 Å². The van der Waals surface area contributed by atoms with Crippen LogP contribution in [0.1, 0.15) is 6.42 Å². The van der Waals surface area contributed by atoms with Gasteiger partial charge in [0.05, 0.1) is 0 Å². The predicted molar refractivity (Wildman–Crippen MR) is 52.7 cm³/mol. The van der Waals surface area contributed by atoms with Gasteiger partial charge in [0.15, 0.2) is 0 Å². The first kappa shape index (κ1) is 10.5. The number of hydrogen-bond donors (Lipinski definition) is 2. The summed E-state index contributed by atoms with van der Waals surface area (Å²) in [6.45, 7) is 3.66. The van der Waals surface area contributed by atoms with Crippen molar-refractivity contribution < 1.29 is 21.5 Å². The molecule has 0 saturated carbocycles. The molecule has 0 bridgehead atoms. The van der Waals surface area contributed by atoms with Gasteiger partial charge >= 0.3 is 93.7 Å². The fourth-order valence-corrected chi connectivity index (χ4v) is 3.43. The van der Waals surface area contributed by atoms with Gasteiger partial charge in [0.25, 0.3) is 0 Å². The van der Waals surface area contributed by atoms with E-state index >= 15 is 0 Å². The summed E-state index contributed by atoms with van der Waals surface area (Å²) < 4.78 is 4.83. The van der Waals surface area contributed by atoms with E-state index in [1.54, 1.807) is 0 Å². The number of alkyl halides is 2. The monoisotopic (exact) mass is 381 g/mol. The Balaban J connectivity index is 2.33. The van der Waals surface area contributed by atoms with Gasteiger partial charge in [0, 0.05) is 0 Å². The molecule has 1 unspecified atom stereocenters. The van der Waals surface area contributed by atoms with Crippen LogP contribution in [-0.4, -0.2) is 29.0 Å². The first-order chi connectivity index (χ1) is 5.33. The molecule has 11 heavy (non-hydrogen) atoms. The van der Waals surface area contributed by atoms with Crippen molar-refractivity contribution in [2.24, 2.45) is 5.41 Å². The minimum atomic E-state index is 0.270. The van der Waals surface area contributed by atoms with E-state index in [0.29, 0.717) is 5.41 Å². The Kier molecular flexibility index (Phi) is 4.93. The van der Waals surface area contributed by atoms with Crippen LogP contribution in [0, 0.1) is 5.41 Å². The van der Waals surface area contributed by atoms with Crippen molar-refractivity contribution in [1.82, 2.24) is 8.85 Å². The third kappa shape index (κ3) is 2.96. The normalized spacial score (nSPS) is 31.5. The molecule has 1 atom stereocenters. The van der Waals surface area contributed by atoms with Gasteiger partial charge in [-0.25, -0.2) is 0 Å². The first-order valence-electron chi connectivity index (χ1n) is 3.81. The Morgan fingerprint density at radius 1 is 1.73 bits per heavy atom. The standard InChI is InChI=1S/C7H15I2N2/c1-9-11-6-7(4-8)2-3-10-5-7/h10-11H,2-6H2,1H3/q-1. The summed E-state index contributed by atoms with van der Waals surface area (Å²) in [7, 11) is 0. The minimum absolute atomic E-state index is 0.270. The molecule has 1 fully saturated rings. The van der Waals surface area contributed by atoms with Crippen LogP contribution in [0.4, 0.5) is 0 Å². The summed E-state index contributed by atoms with van der Waals surface area (Å²) in [6, 6.07) is 0. The second-order valence-corrected chi connectivity index (χ2v) is 5.66. The Morgan fingerprint density at radius 2 is 2.55 bits per heavy atom.